The van der Waals surface area contributed by atoms with Crippen molar-refractivity contribution in [3.63, 3.8) is 0 Å². The lowest BCUT2D eigenvalue weighted by molar-refractivity contribution is 0.223. The Kier molecular flexibility index (Phi) is 6.43. The molecule has 0 atom stereocenters. The molecule has 0 aliphatic heterocycles. The van der Waals surface area contributed by atoms with Crippen LogP contribution in [0.1, 0.15) is 18.9 Å². The zero-order valence-corrected chi connectivity index (χ0v) is 10.5. The highest BCUT2D eigenvalue weighted by molar-refractivity contribution is 5.46. The van der Waals surface area contributed by atoms with Crippen molar-refractivity contribution in [1.29, 1.82) is 0 Å². The summed E-state index contributed by atoms with van der Waals surface area (Å²) in [7, 11) is 1.89. The van der Waals surface area contributed by atoms with Crippen LogP contribution in [0.3, 0.4) is 0 Å². The molecular weight excluding hydrogens is 218 g/mol. The summed E-state index contributed by atoms with van der Waals surface area (Å²) < 4.78 is 11.2. The number of benzene rings is 1. The van der Waals surface area contributed by atoms with E-state index in [1.165, 1.54) is 0 Å². The van der Waals surface area contributed by atoms with Crippen LogP contribution in [0, 0.1) is 0 Å². The fourth-order valence-electron chi connectivity index (χ4n) is 1.56. The van der Waals surface area contributed by atoms with Crippen molar-refractivity contribution in [2.24, 2.45) is 0 Å². The van der Waals surface area contributed by atoms with E-state index in [9.17, 15) is 0 Å². The standard InChI is InChI=1S/C13H21NO3/c1-3-16-12-7-4-6-11(10-14-2)13(12)17-9-5-8-15/h4,6-7,14-15H,3,5,8-10H2,1-2H3. The third-order valence-electron chi connectivity index (χ3n) is 2.28. The molecule has 0 aliphatic rings. The molecule has 17 heavy (non-hydrogen) atoms. The first-order valence-corrected chi connectivity index (χ1v) is 5.96. The Bertz CT molecular complexity index is 304. The normalized spacial score (nSPS) is 10.3. The average Bonchev–Trinajstić information content (AvgIpc) is 2.33. The summed E-state index contributed by atoms with van der Waals surface area (Å²) in [5.74, 6) is 1.54. The molecule has 0 saturated heterocycles. The molecule has 1 aromatic carbocycles. The highest BCUT2D eigenvalue weighted by Crippen LogP contribution is 2.31. The molecule has 0 fully saturated rings. The van der Waals surface area contributed by atoms with Gasteiger partial charge in [-0.2, -0.15) is 0 Å². The first-order valence-electron chi connectivity index (χ1n) is 5.96. The number of aliphatic hydroxyl groups excluding tert-OH is 1. The van der Waals surface area contributed by atoms with Crippen LogP contribution >= 0.6 is 0 Å². The Hall–Kier alpha value is -1.26. The number of nitrogens with one attached hydrogen (secondary N) is 1. The summed E-state index contributed by atoms with van der Waals surface area (Å²) in [5.41, 5.74) is 1.07. The number of ether oxygens (including phenoxy) is 2. The minimum absolute atomic E-state index is 0.137. The predicted octanol–water partition coefficient (Wildman–Crippen LogP) is 1.57. The van der Waals surface area contributed by atoms with E-state index in [0.717, 1.165) is 23.6 Å². The van der Waals surface area contributed by atoms with Crippen LogP contribution in [0.5, 0.6) is 11.5 Å². The van der Waals surface area contributed by atoms with Crippen LogP contribution in [-0.4, -0.2) is 32.0 Å². The van der Waals surface area contributed by atoms with Crippen molar-refractivity contribution < 1.29 is 14.6 Å². The van der Waals surface area contributed by atoms with E-state index in [2.05, 4.69) is 5.32 Å². The third kappa shape index (κ3) is 4.24. The lowest BCUT2D eigenvalue weighted by Crippen LogP contribution is -2.10. The predicted molar refractivity (Wildman–Crippen MR) is 67.6 cm³/mol. The molecule has 0 heterocycles. The van der Waals surface area contributed by atoms with Crippen LogP contribution in [-0.2, 0) is 6.54 Å². The minimum atomic E-state index is 0.137. The fraction of sp³-hybridized carbons (Fsp3) is 0.538. The second kappa shape index (κ2) is 7.92. The van der Waals surface area contributed by atoms with Crippen molar-refractivity contribution in [3.8, 4) is 11.5 Å². The molecule has 0 spiro atoms. The number of aliphatic hydroxyl groups is 1. The van der Waals surface area contributed by atoms with Gasteiger partial charge < -0.3 is 19.9 Å². The quantitative estimate of drug-likeness (QED) is 0.676. The molecule has 0 radical (unpaired) electrons. The second-order valence-electron chi connectivity index (χ2n) is 3.63. The maximum absolute atomic E-state index is 8.77. The maximum Gasteiger partial charge on any atom is 0.165 e. The van der Waals surface area contributed by atoms with Gasteiger partial charge in [-0.25, -0.2) is 0 Å². The van der Waals surface area contributed by atoms with E-state index in [4.69, 9.17) is 14.6 Å². The van der Waals surface area contributed by atoms with Crippen LogP contribution in [0.25, 0.3) is 0 Å². The second-order valence-corrected chi connectivity index (χ2v) is 3.63. The Morgan fingerprint density at radius 2 is 2.12 bits per heavy atom. The van der Waals surface area contributed by atoms with E-state index in [1.54, 1.807) is 0 Å². The molecule has 2 N–H and O–H groups in total. The largest absolute Gasteiger partial charge is 0.490 e. The maximum atomic E-state index is 8.77. The number of hydrogen-bond acceptors (Lipinski definition) is 4. The molecule has 96 valence electrons. The van der Waals surface area contributed by atoms with E-state index in [0.29, 0.717) is 19.6 Å². The van der Waals surface area contributed by atoms with Crippen molar-refractivity contribution >= 4 is 0 Å². The molecule has 0 amide bonds. The van der Waals surface area contributed by atoms with Crippen molar-refractivity contribution in [1.82, 2.24) is 5.32 Å². The summed E-state index contributed by atoms with van der Waals surface area (Å²) in [6.07, 6.45) is 0.624. The number of hydrogen-bond donors (Lipinski definition) is 2. The molecule has 0 aliphatic carbocycles. The van der Waals surface area contributed by atoms with Gasteiger partial charge in [-0.1, -0.05) is 12.1 Å². The van der Waals surface area contributed by atoms with Crippen LogP contribution in [0.4, 0.5) is 0 Å². The summed E-state index contributed by atoms with van der Waals surface area (Å²) in [6.45, 7) is 3.92. The van der Waals surface area contributed by atoms with Gasteiger partial charge >= 0.3 is 0 Å². The lowest BCUT2D eigenvalue weighted by atomic mass is 10.2. The van der Waals surface area contributed by atoms with Gasteiger partial charge in [-0.05, 0) is 20.0 Å². The molecule has 0 bridgehead atoms. The zero-order chi connectivity index (χ0) is 12.5. The first-order chi connectivity index (χ1) is 8.33. The van der Waals surface area contributed by atoms with E-state index >= 15 is 0 Å². The smallest absolute Gasteiger partial charge is 0.165 e. The number of para-hydroxylation sites is 1. The molecule has 0 unspecified atom stereocenters. The van der Waals surface area contributed by atoms with Crippen molar-refractivity contribution in [3.05, 3.63) is 23.8 Å². The zero-order valence-electron chi connectivity index (χ0n) is 10.5. The minimum Gasteiger partial charge on any atom is -0.490 e. The average molecular weight is 239 g/mol. The van der Waals surface area contributed by atoms with Crippen molar-refractivity contribution in [2.75, 3.05) is 26.9 Å². The van der Waals surface area contributed by atoms with Crippen LogP contribution in [0.2, 0.25) is 0 Å². The molecule has 0 saturated carbocycles. The molecular formula is C13H21NO3. The van der Waals surface area contributed by atoms with Gasteiger partial charge in [-0.15, -0.1) is 0 Å². The summed E-state index contributed by atoms with van der Waals surface area (Å²) >= 11 is 0. The Morgan fingerprint density at radius 3 is 2.76 bits per heavy atom. The fourth-order valence-corrected chi connectivity index (χ4v) is 1.56. The highest BCUT2D eigenvalue weighted by atomic mass is 16.5. The molecule has 0 aromatic heterocycles. The van der Waals surface area contributed by atoms with Gasteiger partial charge in [0.05, 0.1) is 13.2 Å². The summed E-state index contributed by atoms with van der Waals surface area (Å²) in [6, 6.07) is 5.86. The molecule has 1 rings (SSSR count). The van der Waals surface area contributed by atoms with Gasteiger partial charge in [0.1, 0.15) is 0 Å². The van der Waals surface area contributed by atoms with E-state index in [-0.39, 0.29) is 6.61 Å². The SMILES string of the molecule is CCOc1cccc(CNC)c1OCCCO. The van der Waals surface area contributed by atoms with Crippen LogP contribution in [0.15, 0.2) is 18.2 Å². The van der Waals surface area contributed by atoms with Gasteiger partial charge in [0.15, 0.2) is 11.5 Å². The number of rotatable bonds is 8. The topological polar surface area (TPSA) is 50.7 Å². The van der Waals surface area contributed by atoms with Crippen molar-refractivity contribution in [2.45, 2.75) is 19.9 Å². The summed E-state index contributed by atoms with van der Waals surface area (Å²) in [4.78, 5) is 0. The summed E-state index contributed by atoms with van der Waals surface area (Å²) in [5, 5.41) is 11.9. The van der Waals surface area contributed by atoms with E-state index < -0.39 is 0 Å². The van der Waals surface area contributed by atoms with Crippen LogP contribution < -0.4 is 14.8 Å². The molecule has 4 heteroatoms. The Labute approximate surface area is 103 Å². The van der Waals surface area contributed by atoms with Gasteiger partial charge in [0, 0.05) is 25.1 Å². The molecule has 1 aromatic rings. The van der Waals surface area contributed by atoms with E-state index in [1.807, 2.05) is 32.2 Å². The first kappa shape index (κ1) is 13.8. The third-order valence-corrected chi connectivity index (χ3v) is 2.28. The Balaban J connectivity index is 2.83. The van der Waals surface area contributed by atoms with Gasteiger partial charge in [0.2, 0.25) is 0 Å². The lowest BCUT2D eigenvalue weighted by Gasteiger charge is -2.15. The Morgan fingerprint density at radius 1 is 1.29 bits per heavy atom. The van der Waals surface area contributed by atoms with Gasteiger partial charge in [0.25, 0.3) is 0 Å². The van der Waals surface area contributed by atoms with Gasteiger partial charge in [-0.3, -0.25) is 0 Å². The monoisotopic (exact) mass is 239 g/mol. The highest BCUT2D eigenvalue weighted by Gasteiger charge is 2.10. The molecule has 4 nitrogen and oxygen atoms in total.